The number of piperidine rings is 1. The fraction of sp³-hybridized carbons (Fsp3) is 0.455. The number of H-pyrrole nitrogens is 1. The molecule has 0 atom stereocenters. The Morgan fingerprint density at radius 2 is 2.06 bits per heavy atom. The van der Waals surface area contributed by atoms with Crippen molar-refractivity contribution in [3.05, 3.63) is 18.5 Å². The van der Waals surface area contributed by atoms with Crippen LogP contribution in [-0.4, -0.2) is 34.2 Å². The Kier molecular flexibility index (Phi) is 2.24. The molecule has 17 heavy (non-hydrogen) atoms. The van der Waals surface area contributed by atoms with E-state index in [9.17, 15) is 8.78 Å². The quantitative estimate of drug-likeness (QED) is 0.828. The summed E-state index contributed by atoms with van der Waals surface area (Å²) in [4.78, 5) is 5.88. The molecule has 0 aliphatic carbocycles. The number of anilines is 1. The summed E-state index contributed by atoms with van der Waals surface area (Å²) in [7, 11) is 0. The number of aromatic nitrogens is 3. The van der Waals surface area contributed by atoms with Crippen molar-refractivity contribution >= 4 is 16.7 Å². The molecular formula is C11H12F2N4. The number of nitrogens with zero attached hydrogens (tertiary/aromatic N) is 3. The summed E-state index contributed by atoms with van der Waals surface area (Å²) < 4.78 is 26.1. The van der Waals surface area contributed by atoms with Crippen molar-refractivity contribution in [2.75, 3.05) is 18.0 Å². The van der Waals surface area contributed by atoms with Crippen LogP contribution in [0.25, 0.3) is 10.9 Å². The minimum atomic E-state index is -2.52. The Morgan fingerprint density at radius 3 is 2.82 bits per heavy atom. The molecule has 0 amide bonds. The lowest BCUT2D eigenvalue weighted by Gasteiger charge is -2.31. The average molecular weight is 238 g/mol. The number of hydrogen-bond donors (Lipinski definition) is 1. The standard InChI is InChI=1S/C11H12F2N4/c12-11(13)2-5-17(6-3-11)10-8-1-4-14-7-9(8)15-16-10/h1,4,7H,2-3,5-6H2,(H,15,16). The predicted octanol–water partition coefficient (Wildman–Crippen LogP) is 2.19. The van der Waals surface area contributed by atoms with Crippen LogP contribution in [0, 0.1) is 0 Å². The van der Waals surface area contributed by atoms with Crippen molar-refractivity contribution in [2.24, 2.45) is 0 Å². The number of rotatable bonds is 1. The summed E-state index contributed by atoms with van der Waals surface area (Å²) >= 11 is 0. The van der Waals surface area contributed by atoms with Crippen LogP contribution in [0.2, 0.25) is 0 Å². The van der Waals surface area contributed by atoms with Crippen molar-refractivity contribution in [3.63, 3.8) is 0 Å². The molecule has 0 unspecified atom stereocenters. The van der Waals surface area contributed by atoms with Crippen molar-refractivity contribution < 1.29 is 8.78 Å². The first-order valence-corrected chi connectivity index (χ1v) is 5.57. The minimum Gasteiger partial charge on any atom is -0.354 e. The van der Waals surface area contributed by atoms with Crippen LogP contribution in [-0.2, 0) is 0 Å². The number of halogens is 2. The van der Waals surface area contributed by atoms with Crippen molar-refractivity contribution in [1.82, 2.24) is 15.2 Å². The van der Waals surface area contributed by atoms with Gasteiger partial charge in [-0.05, 0) is 6.07 Å². The third-order valence-electron chi connectivity index (χ3n) is 3.14. The summed E-state index contributed by atoms with van der Waals surface area (Å²) in [5, 5.41) is 7.98. The van der Waals surface area contributed by atoms with Crippen LogP contribution in [0.4, 0.5) is 14.6 Å². The third-order valence-corrected chi connectivity index (χ3v) is 3.14. The van der Waals surface area contributed by atoms with E-state index in [4.69, 9.17) is 0 Å². The van der Waals surface area contributed by atoms with E-state index in [0.29, 0.717) is 13.1 Å². The van der Waals surface area contributed by atoms with Gasteiger partial charge in [0.05, 0.1) is 11.7 Å². The van der Waals surface area contributed by atoms with Gasteiger partial charge in [0.25, 0.3) is 5.92 Å². The molecule has 1 fully saturated rings. The molecule has 3 rings (SSSR count). The fourth-order valence-corrected chi connectivity index (χ4v) is 2.14. The van der Waals surface area contributed by atoms with E-state index in [1.807, 2.05) is 11.0 Å². The van der Waals surface area contributed by atoms with E-state index < -0.39 is 5.92 Å². The number of fused-ring (bicyclic) bond motifs is 1. The van der Waals surface area contributed by atoms with Crippen LogP contribution >= 0.6 is 0 Å². The fourth-order valence-electron chi connectivity index (χ4n) is 2.14. The molecule has 2 aromatic heterocycles. The molecule has 2 aromatic rings. The van der Waals surface area contributed by atoms with Gasteiger partial charge >= 0.3 is 0 Å². The SMILES string of the molecule is FC1(F)CCN(c2n[nH]c3cnccc23)CC1. The highest BCUT2D eigenvalue weighted by molar-refractivity contribution is 5.89. The van der Waals surface area contributed by atoms with Gasteiger partial charge in [-0.25, -0.2) is 8.78 Å². The van der Waals surface area contributed by atoms with Gasteiger partial charge in [-0.2, -0.15) is 5.10 Å². The third kappa shape index (κ3) is 1.83. The Bertz CT molecular complexity index is 527. The van der Waals surface area contributed by atoms with E-state index in [1.54, 1.807) is 12.4 Å². The van der Waals surface area contributed by atoms with E-state index in [2.05, 4.69) is 15.2 Å². The first kappa shape index (κ1) is 10.4. The van der Waals surface area contributed by atoms with Gasteiger partial charge in [0.15, 0.2) is 5.82 Å². The Hall–Kier alpha value is -1.72. The Morgan fingerprint density at radius 1 is 1.29 bits per heavy atom. The molecular weight excluding hydrogens is 226 g/mol. The van der Waals surface area contributed by atoms with Crippen molar-refractivity contribution in [3.8, 4) is 0 Å². The number of alkyl halides is 2. The highest BCUT2D eigenvalue weighted by Crippen LogP contribution is 2.32. The van der Waals surface area contributed by atoms with E-state index in [0.717, 1.165) is 16.7 Å². The molecule has 0 saturated carbocycles. The zero-order valence-electron chi connectivity index (χ0n) is 9.16. The van der Waals surface area contributed by atoms with E-state index >= 15 is 0 Å². The second kappa shape index (κ2) is 3.65. The summed E-state index contributed by atoms with van der Waals surface area (Å²) in [5.74, 6) is -1.78. The molecule has 0 aromatic carbocycles. The zero-order chi connectivity index (χ0) is 11.9. The summed E-state index contributed by atoms with van der Waals surface area (Å²) in [6.07, 6.45) is 3.16. The predicted molar refractivity (Wildman–Crippen MR) is 60.3 cm³/mol. The molecule has 3 heterocycles. The molecule has 1 aliphatic heterocycles. The number of aromatic amines is 1. The second-order valence-electron chi connectivity index (χ2n) is 4.31. The van der Waals surface area contributed by atoms with Gasteiger partial charge in [-0.3, -0.25) is 10.1 Å². The van der Waals surface area contributed by atoms with Crippen LogP contribution in [0.5, 0.6) is 0 Å². The van der Waals surface area contributed by atoms with Crippen LogP contribution in [0.15, 0.2) is 18.5 Å². The van der Waals surface area contributed by atoms with Crippen molar-refractivity contribution in [1.29, 1.82) is 0 Å². The van der Waals surface area contributed by atoms with Gasteiger partial charge in [-0.1, -0.05) is 0 Å². The molecule has 1 aliphatic rings. The Labute approximate surface area is 96.6 Å². The molecule has 90 valence electrons. The lowest BCUT2D eigenvalue weighted by atomic mass is 10.1. The molecule has 0 spiro atoms. The van der Waals surface area contributed by atoms with Crippen molar-refractivity contribution in [2.45, 2.75) is 18.8 Å². The van der Waals surface area contributed by atoms with Crippen LogP contribution in [0.1, 0.15) is 12.8 Å². The number of nitrogens with one attached hydrogen (secondary N) is 1. The van der Waals surface area contributed by atoms with Gasteiger partial charge in [-0.15, -0.1) is 0 Å². The monoisotopic (exact) mass is 238 g/mol. The maximum atomic E-state index is 13.1. The second-order valence-corrected chi connectivity index (χ2v) is 4.31. The Balaban J connectivity index is 1.90. The normalized spacial score (nSPS) is 19.8. The summed E-state index contributed by atoms with van der Waals surface area (Å²) in [6, 6.07) is 1.85. The molecule has 0 radical (unpaired) electrons. The largest absolute Gasteiger partial charge is 0.354 e. The number of pyridine rings is 1. The lowest BCUT2D eigenvalue weighted by Crippen LogP contribution is -2.39. The van der Waals surface area contributed by atoms with Crippen LogP contribution < -0.4 is 4.90 Å². The van der Waals surface area contributed by atoms with Gasteiger partial charge < -0.3 is 4.90 Å². The van der Waals surface area contributed by atoms with Gasteiger partial charge in [0.1, 0.15) is 0 Å². The minimum absolute atomic E-state index is 0.105. The average Bonchev–Trinajstić information content (AvgIpc) is 2.73. The highest BCUT2D eigenvalue weighted by Gasteiger charge is 2.34. The summed E-state index contributed by atoms with van der Waals surface area (Å²) in [5.41, 5.74) is 0.833. The number of hydrogen-bond acceptors (Lipinski definition) is 3. The molecule has 4 nitrogen and oxygen atoms in total. The van der Waals surface area contributed by atoms with Gasteiger partial charge in [0, 0.05) is 37.5 Å². The topological polar surface area (TPSA) is 44.8 Å². The first-order chi connectivity index (χ1) is 8.16. The van der Waals surface area contributed by atoms with Crippen LogP contribution in [0.3, 0.4) is 0 Å². The highest BCUT2D eigenvalue weighted by atomic mass is 19.3. The first-order valence-electron chi connectivity index (χ1n) is 5.57. The molecule has 1 N–H and O–H groups in total. The smallest absolute Gasteiger partial charge is 0.251 e. The molecule has 6 heteroatoms. The maximum Gasteiger partial charge on any atom is 0.251 e. The lowest BCUT2D eigenvalue weighted by molar-refractivity contribution is -0.0221. The molecule has 1 saturated heterocycles. The molecule has 0 bridgehead atoms. The van der Waals surface area contributed by atoms with E-state index in [1.165, 1.54) is 0 Å². The maximum absolute atomic E-state index is 13.1. The van der Waals surface area contributed by atoms with E-state index in [-0.39, 0.29) is 12.8 Å². The summed E-state index contributed by atoms with van der Waals surface area (Å²) in [6.45, 7) is 0.685. The van der Waals surface area contributed by atoms with Gasteiger partial charge in [0.2, 0.25) is 0 Å². The zero-order valence-corrected chi connectivity index (χ0v) is 9.16.